The van der Waals surface area contributed by atoms with Gasteiger partial charge in [0.2, 0.25) is 5.91 Å². The van der Waals surface area contributed by atoms with E-state index in [0.29, 0.717) is 5.82 Å². The summed E-state index contributed by atoms with van der Waals surface area (Å²) in [5.74, 6) is 0.874. The standard InChI is InChI=1S/C26H28N4O/c1-30(2)21-13-11-20(12-14-21)26(19-9-4-3-5-10-19)16-15-22-23(17-26)28-29-24(22)27-25(31)18-7-6-8-18/h3-5,9-16,18H,6-8,17H2,1-2H3,(H2,27,28,29,31). The Kier molecular flexibility index (Phi) is 4.89. The van der Waals surface area contributed by atoms with E-state index in [4.69, 9.17) is 0 Å². The monoisotopic (exact) mass is 412 g/mol. The van der Waals surface area contributed by atoms with E-state index in [0.717, 1.165) is 36.9 Å². The van der Waals surface area contributed by atoms with E-state index in [1.165, 1.54) is 16.8 Å². The summed E-state index contributed by atoms with van der Waals surface area (Å²) < 4.78 is 0. The van der Waals surface area contributed by atoms with Crippen LogP contribution in [0.4, 0.5) is 11.5 Å². The normalized spacial score (nSPS) is 20.1. The van der Waals surface area contributed by atoms with E-state index in [1.54, 1.807) is 0 Å². The van der Waals surface area contributed by atoms with Crippen LogP contribution in [0.2, 0.25) is 0 Å². The Hall–Kier alpha value is -3.34. The molecule has 0 spiro atoms. The Labute approximate surface area is 183 Å². The highest BCUT2D eigenvalue weighted by Gasteiger charge is 2.37. The van der Waals surface area contributed by atoms with Crippen LogP contribution in [0.15, 0.2) is 60.7 Å². The van der Waals surface area contributed by atoms with Crippen molar-refractivity contribution in [2.45, 2.75) is 31.1 Å². The van der Waals surface area contributed by atoms with Crippen LogP contribution in [-0.2, 0) is 16.6 Å². The van der Waals surface area contributed by atoms with Crippen molar-refractivity contribution in [3.05, 3.63) is 83.1 Å². The van der Waals surface area contributed by atoms with Crippen molar-refractivity contribution in [3.63, 3.8) is 0 Å². The van der Waals surface area contributed by atoms with Gasteiger partial charge in [0.05, 0.1) is 0 Å². The van der Waals surface area contributed by atoms with Crippen molar-refractivity contribution in [1.82, 2.24) is 10.2 Å². The Balaban J connectivity index is 1.52. The SMILES string of the molecule is CN(C)c1ccc(C2(c3ccccc3)C=Cc3c(NC(=O)C4CCC4)n[nH]c3C2)cc1. The largest absolute Gasteiger partial charge is 0.378 e. The first-order valence-corrected chi connectivity index (χ1v) is 11.0. The molecule has 1 saturated carbocycles. The molecule has 3 aromatic rings. The number of benzene rings is 2. The highest BCUT2D eigenvalue weighted by Crippen LogP contribution is 2.43. The van der Waals surface area contributed by atoms with Gasteiger partial charge in [-0.3, -0.25) is 9.89 Å². The average molecular weight is 413 g/mol. The molecular weight excluding hydrogens is 384 g/mol. The molecule has 1 unspecified atom stereocenters. The number of nitrogens with one attached hydrogen (secondary N) is 2. The Bertz CT molecular complexity index is 1110. The minimum Gasteiger partial charge on any atom is -0.378 e. The molecule has 5 nitrogen and oxygen atoms in total. The van der Waals surface area contributed by atoms with Gasteiger partial charge < -0.3 is 10.2 Å². The van der Waals surface area contributed by atoms with Crippen LogP contribution in [0.5, 0.6) is 0 Å². The van der Waals surface area contributed by atoms with Gasteiger partial charge in [0.1, 0.15) is 0 Å². The molecule has 1 fully saturated rings. The third kappa shape index (κ3) is 3.44. The molecule has 1 atom stereocenters. The number of hydrogen-bond donors (Lipinski definition) is 2. The molecule has 2 N–H and O–H groups in total. The lowest BCUT2D eigenvalue weighted by molar-refractivity contribution is -0.122. The fourth-order valence-corrected chi connectivity index (χ4v) is 4.60. The molecule has 5 heteroatoms. The highest BCUT2D eigenvalue weighted by atomic mass is 16.2. The molecule has 2 aliphatic carbocycles. The summed E-state index contributed by atoms with van der Waals surface area (Å²) in [4.78, 5) is 14.6. The maximum Gasteiger partial charge on any atom is 0.228 e. The lowest BCUT2D eigenvalue weighted by Gasteiger charge is -2.34. The first-order chi connectivity index (χ1) is 15.1. The number of fused-ring (bicyclic) bond motifs is 1. The van der Waals surface area contributed by atoms with E-state index in [1.807, 2.05) is 0 Å². The molecule has 0 radical (unpaired) electrons. The number of nitrogens with zero attached hydrogens (tertiary/aromatic N) is 2. The molecular formula is C26H28N4O. The minimum atomic E-state index is -0.291. The van der Waals surface area contributed by atoms with Gasteiger partial charge in [-0.2, -0.15) is 5.10 Å². The summed E-state index contributed by atoms with van der Waals surface area (Å²) in [7, 11) is 4.11. The number of aromatic amines is 1. The summed E-state index contributed by atoms with van der Waals surface area (Å²) in [5, 5.41) is 10.7. The maximum atomic E-state index is 12.4. The number of anilines is 2. The molecule has 1 heterocycles. The number of allylic oxidation sites excluding steroid dienone is 1. The van der Waals surface area contributed by atoms with E-state index < -0.39 is 0 Å². The number of amides is 1. The zero-order valence-electron chi connectivity index (χ0n) is 18.1. The zero-order chi connectivity index (χ0) is 21.4. The number of carbonyl (C=O) groups excluding carboxylic acids is 1. The van der Waals surface area contributed by atoms with Crippen molar-refractivity contribution in [2.75, 3.05) is 24.3 Å². The molecule has 0 bridgehead atoms. The van der Waals surface area contributed by atoms with Crippen LogP contribution in [0.3, 0.4) is 0 Å². The maximum absolute atomic E-state index is 12.4. The molecule has 5 rings (SSSR count). The van der Waals surface area contributed by atoms with Gasteiger partial charge in [-0.05, 0) is 36.1 Å². The molecule has 1 amide bonds. The van der Waals surface area contributed by atoms with Crippen LogP contribution in [0.25, 0.3) is 6.08 Å². The lowest BCUT2D eigenvalue weighted by atomic mass is 9.68. The van der Waals surface area contributed by atoms with Crippen molar-refractivity contribution in [2.24, 2.45) is 5.92 Å². The quantitative estimate of drug-likeness (QED) is 0.635. The predicted octanol–water partition coefficient (Wildman–Crippen LogP) is 4.77. The van der Waals surface area contributed by atoms with Crippen molar-refractivity contribution < 1.29 is 4.79 Å². The topological polar surface area (TPSA) is 61.0 Å². The van der Waals surface area contributed by atoms with Gasteiger partial charge in [-0.15, -0.1) is 0 Å². The van der Waals surface area contributed by atoms with Gasteiger partial charge in [0.15, 0.2) is 5.82 Å². The van der Waals surface area contributed by atoms with Gasteiger partial charge in [-0.1, -0.05) is 61.0 Å². The van der Waals surface area contributed by atoms with Crippen LogP contribution in [0.1, 0.15) is 41.6 Å². The summed E-state index contributed by atoms with van der Waals surface area (Å²) in [5.41, 5.74) is 5.40. The first kappa shape index (κ1) is 19.6. The van der Waals surface area contributed by atoms with Crippen LogP contribution >= 0.6 is 0 Å². The number of aromatic nitrogens is 2. The van der Waals surface area contributed by atoms with Crippen molar-refractivity contribution >= 4 is 23.5 Å². The van der Waals surface area contributed by atoms with Gasteiger partial charge in [-0.25, -0.2) is 0 Å². The van der Waals surface area contributed by atoms with Gasteiger partial charge >= 0.3 is 0 Å². The third-order valence-corrected chi connectivity index (χ3v) is 6.78. The number of hydrogen-bond acceptors (Lipinski definition) is 3. The van der Waals surface area contributed by atoms with Crippen LogP contribution in [0, 0.1) is 5.92 Å². The second kappa shape index (κ2) is 7.73. The molecule has 1 aromatic heterocycles. The fraction of sp³-hybridized carbons (Fsp3) is 0.308. The van der Waals surface area contributed by atoms with E-state index in [2.05, 4.69) is 101 Å². The third-order valence-electron chi connectivity index (χ3n) is 6.78. The summed E-state index contributed by atoms with van der Waals surface area (Å²) in [6.07, 6.45) is 8.25. The number of H-pyrrole nitrogens is 1. The second-order valence-electron chi connectivity index (χ2n) is 8.87. The van der Waals surface area contributed by atoms with Crippen LogP contribution < -0.4 is 10.2 Å². The predicted molar refractivity (Wildman–Crippen MR) is 125 cm³/mol. The van der Waals surface area contributed by atoms with Gasteiger partial charge in [0.25, 0.3) is 0 Å². The minimum absolute atomic E-state index is 0.0909. The Morgan fingerprint density at radius 1 is 1.06 bits per heavy atom. The zero-order valence-corrected chi connectivity index (χ0v) is 18.1. The van der Waals surface area contributed by atoms with Crippen molar-refractivity contribution in [3.8, 4) is 0 Å². The summed E-state index contributed by atoms with van der Waals surface area (Å²) in [6, 6.07) is 19.4. The fourth-order valence-electron chi connectivity index (χ4n) is 4.60. The molecule has 158 valence electrons. The lowest BCUT2D eigenvalue weighted by Crippen LogP contribution is -2.31. The average Bonchev–Trinajstić information content (AvgIpc) is 3.14. The van der Waals surface area contributed by atoms with E-state index >= 15 is 0 Å². The Morgan fingerprint density at radius 3 is 2.42 bits per heavy atom. The Morgan fingerprint density at radius 2 is 1.77 bits per heavy atom. The molecule has 2 aromatic carbocycles. The second-order valence-corrected chi connectivity index (χ2v) is 8.87. The summed E-state index contributed by atoms with van der Waals surface area (Å²) >= 11 is 0. The summed E-state index contributed by atoms with van der Waals surface area (Å²) in [6.45, 7) is 0. The first-order valence-electron chi connectivity index (χ1n) is 11.0. The molecule has 0 aliphatic heterocycles. The number of carbonyl (C=O) groups is 1. The van der Waals surface area contributed by atoms with Crippen molar-refractivity contribution in [1.29, 1.82) is 0 Å². The molecule has 0 saturated heterocycles. The highest BCUT2D eigenvalue weighted by molar-refractivity contribution is 5.94. The van der Waals surface area contributed by atoms with E-state index in [9.17, 15) is 4.79 Å². The van der Waals surface area contributed by atoms with Gasteiger partial charge in [0, 0.05) is 48.8 Å². The number of rotatable bonds is 5. The van der Waals surface area contributed by atoms with Crippen LogP contribution in [-0.4, -0.2) is 30.2 Å². The smallest absolute Gasteiger partial charge is 0.228 e. The molecule has 2 aliphatic rings. The van der Waals surface area contributed by atoms with E-state index in [-0.39, 0.29) is 17.2 Å². The molecule has 31 heavy (non-hydrogen) atoms.